The summed E-state index contributed by atoms with van der Waals surface area (Å²) in [6.07, 6.45) is 1.63. The van der Waals surface area contributed by atoms with Crippen LogP contribution in [0.2, 0.25) is 4.47 Å². The summed E-state index contributed by atoms with van der Waals surface area (Å²) in [4.78, 5) is 15.3. The molecule has 1 aromatic heterocycles. The molecule has 0 aromatic carbocycles. The summed E-state index contributed by atoms with van der Waals surface area (Å²) >= 11 is 7.10. The van der Waals surface area contributed by atoms with Gasteiger partial charge in [0.2, 0.25) is 5.91 Å². The van der Waals surface area contributed by atoms with Crippen LogP contribution in [0.4, 0.5) is 0 Å². The largest absolute Gasteiger partial charge is 0.356 e. The smallest absolute Gasteiger partial charge is 0.223 e. The van der Waals surface area contributed by atoms with E-state index in [1.54, 1.807) is 0 Å². The van der Waals surface area contributed by atoms with Crippen LogP contribution in [0.1, 0.15) is 12.1 Å². The van der Waals surface area contributed by atoms with Gasteiger partial charge in [0.1, 0.15) is 0 Å². The summed E-state index contributed by atoms with van der Waals surface area (Å²) in [5.74, 6) is 0.238. The summed E-state index contributed by atoms with van der Waals surface area (Å²) in [6, 6.07) is 0. The summed E-state index contributed by atoms with van der Waals surface area (Å²) in [5, 5.41) is 4.71. The van der Waals surface area contributed by atoms with E-state index in [1.807, 2.05) is 5.38 Å². The van der Waals surface area contributed by atoms with E-state index in [2.05, 4.69) is 10.3 Å². The second kappa shape index (κ2) is 3.64. The average molecular weight is 217 g/mol. The van der Waals surface area contributed by atoms with Crippen LogP contribution in [-0.2, 0) is 11.2 Å². The number of aromatic nitrogens is 1. The summed E-state index contributed by atoms with van der Waals surface area (Å²) in [5.41, 5.74) is 0.928. The molecule has 1 saturated heterocycles. The summed E-state index contributed by atoms with van der Waals surface area (Å²) in [7, 11) is 0. The van der Waals surface area contributed by atoms with E-state index >= 15 is 0 Å². The Kier molecular flexibility index (Phi) is 2.51. The van der Waals surface area contributed by atoms with Crippen molar-refractivity contribution in [3.63, 3.8) is 0 Å². The minimum Gasteiger partial charge on any atom is -0.356 e. The number of thiazole rings is 1. The van der Waals surface area contributed by atoms with Crippen LogP contribution >= 0.6 is 22.9 Å². The monoisotopic (exact) mass is 216 g/mol. The Morgan fingerprint density at radius 1 is 1.77 bits per heavy atom. The fourth-order valence-corrected chi connectivity index (χ4v) is 2.26. The van der Waals surface area contributed by atoms with Gasteiger partial charge in [0.25, 0.3) is 0 Å². The molecule has 13 heavy (non-hydrogen) atoms. The van der Waals surface area contributed by atoms with Gasteiger partial charge in [-0.2, -0.15) is 0 Å². The second-order valence-corrected chi connectivity index (χ2v) is 4.51. The third kappa shape index (κ3) is 2.00. The quantitative estimate of drug-likeness (QED) is 0.814. The van der Waals surface area contributed by atoms with Gasteiger partial charge in [-0.3, -0.25) is 4.79 Å². The predicted molar refractivity (Wildman–Crippen MR) is 51.9 cm³/mol. The third-order valence-electron chi connectivity index (χ3n) is 2.14. The molecule has 1 atom stereocenters. The number of carbonyl (C=O) groups is 1. The molecule has 0 radical (unpaired) electrons. The maximum absolute atomic E-state index is 11.2. The van der Waals surface area contributed by atoms with Crippen molar-refractivity contribution in [1.29, 1.82) is 0 Å². The second-order valence-electron chi connectivity index (χ2n) is 3.07. The van der Waals surface area contributed by atoms with Crippen LogP contribution in [0.25, 0.3) is 0 Å². The van der Waals surface area contributed by atoms with Gasteiger partial charge >= 0.3 is 0 Å². The van der Waals surface area contributed by atoms with Gasteiger partial charge in [-0.1, -0.05) is 11.6 Å². The molecule has 1 unspecified atom stereocenters. The van der Waals surface area contributed by atoms with Crippen molar-refractivity contribution in [2.45, 2.75) is 12.8 Å². The standard InChI is InChI=1S/C8H9ClN2OS/c9-8-11-6(4-13-8)3-5-1-2-10-7(5)12/h4-5H,1-3H2,(H,10,12). The highest BCUT2D eigenvalue weighted by Crippen LogP contribution is 2.20. The first kappa shape index (κ1) is 8.97. The van der Waals surface area contributed by atoms with E-state index in [0.29, 0.717) is 4.47 Å². The highest BCUT2D eigenvalue weighted by Gasteiger charge is 2.24. The molecule has 0 bridgehead atoms. The Morgan fingerprint density at radius 2 is 2.62 bits per heavy atom. The minimum atomic E-state index is 0.0955. The van der Waals surface area contributed by atoms with Crippen molar-refractivity contribution in [2.75, 3.05) is 6.54 Å². The first-order chi connectivity index (χ1) is 6.25. The lowest BCUT2D eigenvalue weighted by molar-refractivity contribution is -0.122. The van der Waals surface area contributed by atoms with E-state index in [-0.39, 0.29) is 11.8 Å². The molecule has 1 fully saturated rings. The van der Waals surface area contributed by atoms with Crippen LogP contribution in [0.3, 0.4) is 0 Å². The molecule has 1 aliphatic heterocycles. The number of amides is 1. The first-order valence-corrected chi connectivity index (χ1v) is 5.39. The third-order valence-corrected chi connectivity index (χ3v) is 3.17. The number of rotatable bonds is 2. The van der Waals surface area contributed by atoms with Crippen LogP contribution < -0.4 is 5.32 Å². The molecular weight excluding hydrogens is 208 g/mol. The van der Waals surface area contributed by atoms with Crippen LogP contribution in [0, 0.1) is 5.92 Å². The lowest BCUT2D eigenvalue weighted by Crippen LogP contribution is -2.20. The van der Waals surface area contributed by atoms with Crippen molar-refractivity contribution in [2.24, 2.45) is 5.92 Å². The van der Waals surface area contributed by atoms with Crippen molar-refractivity contribution < 1.29 is 4.79 Å². The van der Waals surface area contributed by atoms with E-state index < -0.39 is 0 Å². The summed E-state index contributed by atoms with van der Waals surface area (Å²) < 4.78 is 0.549. The lowest BCUT2D eigenvalue weighted by Gasteiger charge is -2.02. The molecule has 1 aromatic rings. The molecule has 2 heterocycles. The van der Waals surface area contributed by atoms with Crippen LogP contribution in [-0.4, -0.2) is 17.4 Å². The molecule has 0 aliphatic carbocycles. The van der Waals surface area contributed by atoms with Crippen molar-refractivity contribution in [3.8, 4) is 0 Å². The zero-order chi connectivity index (χ0) is 9.26. The fourth-order valence-electron chi connectivity index (χ4n) is 1.47. The Labute approximate surface area is 85.1 Å². The lowest BCUT2D eigenvalue weighted by atomic mass is 10.0. The van der Waals surface area contributed by atoms with E-state index in [0.717, 1.165) is 25.1 Å². The number of carbonyl (C=O) groups excluding carboxylic acids is 1. The number of nitrogens with one attached hydrogen (secondary N) is 1. The first-order valence-electron chi connectivity index (χ1n) is 4.13. The minimum absolute atomic E-state index is 0.0955. The van der Waals surface area contributed by atoms with E-state index in [1.165, 1.54) is 11.3 Å². The Bertz CT molecular complexity index is 326. The molecule has 70 valence electrons. The normalized spacial score (nSPS) is 21.9. The van der Waals surface area contributed by atoms with Crippen LogP contribution in [0.15, 0.2) is 5.38 Å². The van der Waals surface area contributed by atoms with Gasteiger partial charge in [-0.05, 0) is 6.42 Å². The average Bonchev–Trinajstić information content (AvgIpc) is 2.64. The molecule has 0 saturated carbocycles. The molecule has 2 rings (SSSR count). The Balaban J connectivity index is 2.01. The van der Waals surface area contributed by atoms with Gasteiger partial charge in [-0.25, -0.2) is 4.98 Å². The van der Waals surface area contributed by atoms with Gasteiger partial charge in [0.05, 0.1) is 5.69 Å². The molecule has 1 N–H and O–H groups in total. The number of halogens is 1. The summed E-state index contributed by atoms with van der Waals surface area (Å²) in [6.45, 7) is 0.793. The fraction of sp³-hybridized carbons (Fsp3) is 0.500. The predicted octanol–water partition coefficient (Wildman–Crippen LogP) is 1.48. The SMILES string of the molecule is O=C1NCCC1Cc1csc(Cl)n1. The van der Waals surface area contributed by atoms with Crippen molar-refractivity contribution >= 4 is 28.8 Å². The molecular formula is C8H9ClN2OS. The Morgan fingerprint density at radius 3 is 3.15 bits per heavy atom. The highest BCUT2D eigenvalue weighted by molar-refractivity contribution is 7.13. The molecule has 0 spiro atoms. The zero-order valence-corrected chi connectivity index (χ0v) is 8.49. The van der Waals surface area contributed by atoms with Gasteiger partial charge in [-0.15, -0.1) is 11.3 Å². The van der Waals surface area contributed by atoms with Crippen molar-refractivity contribution in [1.82, 2.24) is 10.3 Å². The number of nitrogens with zero attached hydrogens (tertiary/aromatic N) is 1. The maximum atomic E-state index is 11.2. The van der Waals surface area contributed by atoms with E-state index in [4.69, 9.17) is 11.6 Å². The van der Waals surface area contributed by atoms with Crippen molar-refractivity contribution in [3.05, 3.63) is 15.5 Å². The molecule has 1 aliphatic rings. The highest BCUT2D eigenvalue weighted by atomic mass is 35.5. The molecule has 3 nitrogen and oxygen atoms in total. The van der Waals surface area contributed by atoms with Gasteiger partial charge in [0.15, 0.2) is 4.47 Å². The Hall–Kier alpha value is -0.610. The molecule has 1 amide bonds. The van der Waals surface area contributed by atoms with Gasteiger partial charge in [0, 0.05) is 24.3 Å². The zero-order valence-electron chi connectivity index (χ0n) is 6.92. The number of hydrogen-bond acceptors (Lipinski definition) is 3. The van der Waals surface area contributed by atoms with Gasteiger partial charge < -0.3 is 5.32 Å². The number of hydrogen-bond donors (Lipinski definition) is 1. The van der Waals surface area contributed by atoms with Crippen LogP contribution in [0.5, 0.6) is 0 Å². The maximum Gasteiger partial charge on any atom is 0.223 e. The topological polar surface area (TPSA) is 42.0 Å². The molecule has 5 heteroatoms. The van der Waals surface area contributed by atoms with E-state index in [9.17, 15) is 4.79 Å².